The molecular formula is C33H41ClFN7O4. The van der Waals surface area contributed by atoms with Crippen LogP contribution >= 0.6 is 11.6 Å². The second kappa shape index (κ2) is 12.5. The van der Waals surface area contributed by atoms with E-state index in [-0.39, 0.29) is 53.0 Å². The monoisotopic (exact) mass is 653 g/mol. The van der Waals surface area contributed by atoms with Gasteiger partial charge in [0, 0.05) is 60.2 Å². The second-order valence-electron chi connectivity index (χ2n) is 13.4. The highest BCUT2D eigenvalue weighted by Crippen LogP contribution is 2.42. The molecule has 246 valence electrons. The summed E-state index contributed by atoms with van der Waals surface area (Å²) in [7, 11) is 2.03. The molecule has 2 aliphatic rings. The molecule has 2 aromatic heterocycles. The van der Waals surface area contributed by atoms with Gasteiger partial charge in [0.1, 0.15) is 29.6 Å². The van der Waals surface area contributed by atoms with Crippen LogP contribution in [0, 0.1) is 12.7 Å². The smallest absolute Gasteiger partial charge is 0.410 e. The molecule has 2 unspecified atom stereocenters. The van der Waals surface area contributed by atoms with Crippen LogP contribution in [0.4, 0.5) is 15.0 Å². The summed E-state index contributed by atoms with van der Waals surface area (Å²) < 4.78 is 34.6. The summed E-state index contributed by atoms with van der Waals surface area (Å²) in [5.41, 5.74) is 1.84. The van der Waals surface area contributed by atoms with Crippen molar-refractivity contribution in [3.63, 3.8) is 0 Å². The van der Waals surface area contributed by atoms with E-state index in [0.29, 0.717) is 48.5 Å². The fraction of sp³-hybridized carbons (Fsp3) is 0.515. The largest absolute Gasteiger partial charge is 0.461 e. The minimum absolute atomic E-state index is 0.0393. The Labute approximate surface area is 272 Å². The fourth-order valence-electron chi connectivity index (χ4n) is 6.24. The van der Waals surface area contributed by atoms with E-state index in [1.807, 2.05) is 60.7 Å². The third-order valence-corrected chi connectivity index (χ3v) is 8.84. The van der Waals surface area contributed by atoms with Crippen molar-refractivity contribution in [2.24, 2.45) is 0 Å². The number of halogens is 2. The highest BCUT2D eigenvalue weighted by Gasteiger charge is 2.36. The number of likely N-dealkylation sites (N-methyl/N-ethyl adjacent to an activating group) is 1. The van der Waals surface area contributed by atoms with Crippen LogP contribution in [0.25, 0.3) is 32.9 Å². The van der Waals surface area contributed by atoms with E-state index in [0.717, 1.165) is 17.5 Å². The van der Waals surface area contributed by atoms with Crippen LogP contribution in [-0.4, -0.2) is 106 Å². The van der Waals surface area contributed by atoms with Gasteiger partial charge in [-0.1, -0.05) is 23.7 Å². The van der Waals surface area contributed by atoms with E-state index in [4.69, 9.17) is 30.8 Å². The predicted octanol–water partition coefficient (Wildman–Crippen LogP) is 5.82. The van der Waals surface area contributed by atoms with E-state index in [1.54, 1.807) is 17.2 Å². The van der Waals surface area contributed by atoms with Gasteiger partial charge in [0.2, 0.25) is 0 Å². The number of anilines is 1. The molecule has 46 heavy (non-hydrogen) atoms. The van der Waals surface area contributed by atoms with Crippen LogP contribution in [-0.2, 0) is 9.47 Å². The number of carbonyl (C=O) groups excluding carboxylic acids is 1. The summed E-state index contributed by atoms with van der Waals surface area (Å²) in [4.78, 5) is 28.5. The SMILES string of the molecule is Cc1ccc2cn[nH]c2c1-c1c(Cl)cc2c(N3CC(C)N(C(=O)OC(C)(C)C)CC3C)nc(OC[C@@H]3CN(C)CCO3)nc2c1F. The normalized spacial score (nSPS) is 21.3. The van der Waals surface area contributed by atoms with Gasteiger partial charge < -0.3 is 28.9 Å². The molecule has 0 radical (unpaired) electrons. The van der Waals surface area contributed by atoms with Gasteiger partial charge >= 0.3 is 12.1 Å². The number of aromatic amines is 1. The summed E-state index contributed by atoms with van der Waals surface area (Å²) in [6, 6.07) is 5.21. The van der Waals surface area contributed by atoms with Gasteiger partial charge in [0.15, 0.2) is 5.82 Å². The topological polar surface area (TPSA) is 109 Å². The highest BCUT2D eigenvalue weighted by atomic mass is 35.5. The first-order chi connectivity index (χ1) is 21.8. The van der Waals surface area contributed by atoms with Crippen LogP contribution < -0.4 is 9.64 Å². The minimum Gasteiger partial charge on any atom is -0.461 e. The molecule has 1 N–H and O–H groups in total. The van der Waals surface area contributed by atoms with E-state index >= 15 is 4.39 Å². The zero-order valence-electron chi connectivity index (χ0n) is 27.4. The molecule has 3 atom stereocenters. The fourth-order valence-corrected chi connectivity index (χ4v) is 6.53. The number of nitrogens with zero attached hydrogens (tertiary/aromatic N) is 6. The molecule has 2 aliphatic heterocycles. The van der Waals surface area contributed by atoms with Gasteiger partial charge in [-0.05, 0) is 60.2 Å². The summed E-state index contributed by atoms with van der Waals surface area (Å²) >= 11 is 6.93. The molecule has 2 aromatic carbocycles. The van der Waals surface area contributed by atoms with Crippen molar-refractivity contribution in [3.05, 3.63) is 40.8 Å². The Morgan fingerprint density at radius 2 is 1.93 bits per heavy atom. The number of fused-ring (bicyclic) bond motifs is 2. The molecule has 2 saturated heterocycles. The number of rotatable bonds is 5. The molecule has 6 rings (SSSR count). The van der Waals surface area contributed by atoms with Gasteiger partial charge in [0.05, 0.1) is 23.3 Å². The lowest BCUT2D eigenvalue weighted by Gasteiger charge is -2.45. The molecular weight excluding hydrogens is 613 g/mol. The number of H-pyrrole nitrogens is 1. The van der Waals surface area contributed by atoms with E-state index in [2.05, 4.69) is 25.0 Å². The Kier molecular flexibility index (Phi) is 8.73. The van der Waals surface area contributed by atoms with E-state index in [9.17, 15) is 4.79 Å². The lowest BCUT2D eigenvalue weighted by molar-refractivity contribution is -0.0416. The molecule has 2 fully saturated rings. The molecule has 0 spiro atoms. The first-order valence-corrected chi connectivity index (χ1v) is 16.0. The molecule has 0 aliphatic carbocycles. The number of piperazine rings is 1. The molecule has 13 heteroatoms. The first-order valence-electron chi connectivity index (χ1n) is 15.6. The summed E-state index contributed by atoms with van der Waals surface area (Å²) in [5, 5.41) is 8.69. The number of carbonyl (C=O) groups is 1. The van der Waals surface area contributed by atoms with Gasteiger partial charge in [-0.3, -0.25) is 5.10 Å². The zero-order valence-corrected chi connectivity index (χ0v) is 28.1. The third kappa shape index (κ3) is 6.30. The van der Waals surface area contributed by atoms with Crippen molar-refractivity contribution in [2.45, 2.75) is 65.3 Å². The number of aromatic nitrogens is 4. The molecule has 4 heterocycles. The number of hydrogen-bond acceptors (Lipinski definition) is 9. The minimum atomic E-state index is -0.617. The zero-order chi connectivity index (χ0) is 32.9. The van der Waals surface area contributed by atoms with E-state index in [1.165, 1.54) is 0 Å². The molecule has 1 amide bonds. The van der Waals surface area contributed by atoms with Crippen LogP contribution in [0.5, 0.6) is 6.01 Å². The Morgan fingerprint density at radius 3 is 2.67 bits per heavy atom. The van der Waals surface area contributed by atoms with Crippen molar-refractivity contribution in [1.82, 2.24) is 30.0 Å². The maximum atomic E-state index is 16.9. The standard InChI is InChI=1S/C33H41ClFN7O4/c1-18-8-9-21-13-36-39-28(21)25(18)26-24(34)12-23-29(27(26)35)37-31(45-17-22-16-40(7)10-11-44-22)38-30(23)41-14-20(3)42(15-19(41)2)32(43)46-33(4,5)6/h8-9,12-13,19-20,22H,10-11,14-17H2,1-7H3,(H,36,39)/t19?,20?,22-/m0/s1. The van der Waals surface area contributed by atoms with Crippen LogP contribution in [0.3, 0.4) is 0 Å². The maximum Gasteiger partial charge on any atom is 0.410 e. The highest BCUT2D eigenvalue weighted by molar-refractivity contribution is 6.35. The summed E-state index contributed by atoms with van der Waals surface area (Å²) in [6.45, 7) is 14.6. The first kappa shape index (κ1) is 32.2. The third-order valence-electron chi connectivity index (χ3n) is 8.54. The van der Waals surface area contributed by atoms with Crippen LogP contribution in [0.15, 0.2) is 24.4 Å². The van der Waals surface area contributed by atoms with Crippen molar-refractivity contribution in [2.75, 3.05) is 51.3 Å². The van der Waals surface area contributed by atoms with Gasteiger partial charge in [-0.2, -0.15) is 15.1 Å². The van der Waals surface area contributed by atoms with Crippen molar-refractivity contribution < 1.29 is 23.4 Å². The van der Waals surface area contributed by atoms with Gasteiger partial charge in [-0.15, -0.1) is 0 Å². The number of ether oxygens (including phenoxy) is 3. The number of benzene rings is 2. The van der Waals surface area contributed by atoms with Crippen molar-refractivity contribution in [1.29, 1.82) is 0 Å². The number of nitrogens with one attached hydrogen (secondary N) is 1. The van der Waals surface area contributed by atoms with E-state index < -0.39 is 11.4 Å². The number of hydrogen-bond donors (Lipinski definition) is 1. The number of morpholine rings is 1. The lowest BCUT2D eigenvalue weighted by Crippen LogP contribution is -2.59. The Morgan fingerprint density at radius 1 is 1.15 bits per heavy atom. The number of amides is 1. The predicted molar refractivity (Wildman–Crippen MR) is 176 cm³/mol. The summed E-state index contributed by atoms with van der Waals surface area (Å²) in [6.07, 6.45) is 1.15. The van der Waals surface area contributed by atoms with Crippen LogP contribution in [0.1, 0.15) is 40.2 Å². The molecule has 11 nitrogen and oxygen atoms in total. The van der Waals surface area contributed by atoms with Gasteiger partial charge in [-0.25, -0.2) is 9.18 Å². The van der Waals surface area contributed by atoms with Crippen molar-refractivity contribution >= 4 is 45.3 Å². The molecule has 0 saturated carbocycles. The Bertz CT molecular complexity index is 1780. The second-order valence-corrected chi connectivity index (χ2v) is 13.8. The quantitative estimate of drug-likeness (QED) is 0.285. The summed E-state index contributed by atoms with van der Waals surface area (Å²) in [5.74, 6) is -0.100. The lowest BCUT2D eigenvalue weighted by atomic mass is 9.96. The number of aryl methyl sites for hydroxylation is 1. The molecule has 4 aromatic rings. The average Bonchev–Trinajstić information content (AvgIpc) is 3.46. The maximum absolute atomic E-state index is 16.9. The van der Waals surface area contributed by atoms with Crippen molar-refractivity contribution in [3.8, 4) is 17.1 Å². The van der Waals surface area contributed by atoms with Gasteiger partial charge in [0.25, 0.3) is 0 Å². The molecule has 0 bridgehead atoms. The average molecular weight is 654 g/mol. The Hall–Kier alpha value is -3.74. The Balaban J connectivity index is 1.44. The van der Waals surface area contributed by atoms with Crippen LogP contribution in [0.2, 0.25) is 5.02 Å².